The van der Waals surface area contributed by atoms with E-state index in [9.17, 15) is 9.50 Å². The van der Waals surface area contributed by atoms with Gasteiger partial charge in [0.1, 0.15) is 12.1 Å². The minimum atomic E-state index is -0.403. The fraction of sp³-hybridized carbons (Fsp3) is 0.300. The van der Waals surface area contributed by atoms with Gasteiger partial charge in [0.2, 0.25) is 0 Å². The van der Waals surface area contributed by atoms with Crippen molar-refractivity contribution in [3.05, 3.63) is 66.3 Å². The highest BCUT2D eigenvalue weighted by atomic mass is 19.1. The highest BCUT2D eigenvalue weighted by Crippen LogP contribution is 2.32. The van der Waals surface area contributed by atoms with Crippen LogP contribution < -0.4 is 4.90 Å². The van der Waals surface area contributed by atoms with E-state index in [4.69, 9.17) is 0 Å². The maximum atomic E-state index is 13.3. The second-order valence-corrected chi connectivity index (χ2v) is 7.21. The summed E-state index contributed by atoms with van der Waals surface area (Å²) < 4.78 is 15.1. The molecule has 1 aliphatic rings. The first-order valence-electron chi connectivity index (χ1n) is 9.52. The van der Waals surface area contributed by atoms with Gasteiger partial charge in [0.15, 0.2) is 17.0 Å². The molecule has 1 aromatic carbocycles. The van der Waals surface area contributed by atoms with Gasteiger partial charge in [0.25, 0.3) is 0 Å². The van der Waals surface area contributed by atoms with Gasteiger partial charge in [-0.05, 0) is 30.2 Å². The van der Waals surface area contributed by atoms with Crippen LogP contribution in [0.3, 0.4) is 0 Å². The van der Waals surface area contributed by atoms with Gasteiger partial charge < -0.3 is 14.6 Å². The van der Waals surface area contributed by atoms with Crippen LogP contribution in [0.2, 0.25) is 0 Å². The second-order valence-electron chi connectivity index (χ2n) is 7.21. The molecule has 4 heterocycles. The summed E-state index contributed by atoms with van der Waals surface area (Å²) in [5.74, 6) is 0.840. The van der Waals surface area contributed by atoms with Crippen molar-refractivity contribution in [1.82, 2.24) is 29.7 Å². The number of aliphatic hydroxyl groups excluding tert-OH is 1. The SMILES string of the molecule is OCC(c1ccc(F)cc1)n1cnc2c(N3CCC(c4ccn[nH]4)C3)ncnc21. The Morgan fingerprint density at radius 2 is 2.03 bits per heavy atom. The number of hydrogen-bond donors (Lipinski definition) is 2. The Hall–Kier alpha value is -3.33. The minimum Gasteiger partial charge on any atom is -0.394 e. The number of fused-ring (bicyclic) bond motifs is 1. The second kappa shape index (κ2) is 7.25. The molecule has 0 bridgehead atoms. The Morgan fingerprint density at radius 3 is 2.79 bits per heavy atom. The molecule has 1 fully saturated rings. The van der Waals surface area contributed by atoms with Crippen molar-refractivity contribution in [2.45, 2.75) is 18.4 Å². The summed E-state index contributed by atoms with van der Waals surface area (Å²) in [7, 11) is 0. The van der Waals surface area contributed by atoms with Crippen molar-refractivity contribution < 1.29 is 9.50 Å². The van der Waals surface area contributed by atoms with E-state index in [0.29, 0.717) is 17.1 Å². The molecular weight excluding hydrogens is 373 g/mol. The van der Waals surface area contributed by atoms with Crippen LogP contribution in [0.5, 0.6) is 0 Å². The molecule has 8 nitrogen and oxygen atoms in total. The molecule has 1 saturated heterocycles. The zero-order valence-electron chi connectivity index (χ0n) is 15.6. The lowest BCUT2D eigenvalue weighted by Crippen LogP contribution is -2.21. The number of anilines is 1. The number of halogens is 1. The van der Waals surface area contributed by atoms with Gasteiger partial charge in [-0.15, -0.1) is 0 Å². The standard InChI is InChI=1S/C20H20FN7O/c21-15-3-1-13(2-4-15)17(10-29)28-12-24-18-19(22-11-23-20(18)28)27-8-6-14(9-27)16-5-7-25-26-16/h1-5,7,11-12,14,17,29H,6,8-10H2,(H,25,26). The van der Waals surface area contributed by atoms with E-state index in [2.05, 4.69) is 30.0 Å². The molecule has 0 amide bonds. The summed E-state index contributed by atoms with van der Waals surface area (Å²) in [5, 5.41) is 17.1. The molecule has 2 N–H and O–H groups in total. The van der Waals surface area contributed by atoms with Gasteiger partial charge in [-0.1, -0.05) is 12.1 Å². The summed E-state index contributed by atoms with van der Waals surface area (Å²) in [6.07, 6.45) is 5.96. The number of rotatable bonds is 5. The van der Waals surface area contributed by atoms with Gasteiger partial charge >= 0.3 is 0 Å². The lowest BCUT2D eigenvalue weighted by molar-refractivity contribution is 0.251. The fourth-order valence-electron chi connectivity index (χ4n) is 4.04. The molecule has 1 aliphatic heterocycles. The Bertz CT molecular complexity index is 1110. The highest BCUT2D eigenvalue weighted by Gasteiger charge is 2.28. The topological polar surface area (TPSA) is 95.8 Å². The first-order chi connectivity index (χ1) is 14.2. The monoisotopic (exact) mass is 393 g/mol. The highest BCUT2D eigenvalue weighted by molar-refractivity contribution is 5.83. The smallest absolute Gasteiger partial charge is 0.166 e. The molecule has 0 spiro atoms. The number of imidazole rings is 1. The van der Waals surface area contributed by atoms with Crippen LogP contribution in [-0.2, 0) is 0 Å². The van der Waals surface area contributed by atoms with E-state index in [-0.39, 0.29) is 12.4 Å². The normalized spacial score (nSPS) is 17.9. The summed E-state index contributed by atoms with van der Waals surface area (Å²) in [6, 6.07) is 7.71. The summed E-state index contributed by atoms with van der Waals surface area (Å²) in [6.45, 7) is 1.54. The third kappa shape index (κ3) is 3.13. The number of nitrogens with one attached hydrogen (secondary N) is 1. The van der Waals surface area contributed by atoms with E-state index >= 15 is 0 Å². The maximum absolute atomic E-state index is 13.3. The quantitative estimate of drug-likeness (QED) is 0.540. The largest absolute Gasteiger partial charge is 0.394 e. The predicted octanol–water partition coefficient (Wildman–Crippen LogP) is 2.26. The molecule has 2 unspecified atom stereocenters. The summed E-state index contributed by atoms with van der Waals surface area (Å²) >= 11 is 0. The van der Waals surface area contributed by atoms with Gasteiger partial charge in [-0.2, -0.15) is 5.10 Å². The summed E-state index contributed by atoms with van der Waals surface area (Å²) in [4.78, 5) is 15.7. The van der Waals surface area contributed by atoms with Crippen molar-refractivity contribution in [3.8, 4) is 0 Å². The number of aromatic nitrogens is 6. The van der Waals surface area contributed by atoms with Crippen molar-refractivity contribution in [2.75, 3.05) is 24.6 Å². The Morgan fingerprint density at radius 1 is 1.17 bits per heavy atom. The number of aromatic amines is 1. The Balaban J connectivity index is 1.49. The average molecular weight is 393 g/mol. The van der Waals surface area contributed by atoms with Crippen LogP contribution in [0.15, 0.2) is 49.2 Å². The number of aliphatic hydroxyl groups is 1. The molecule has 0 aliphatic carbocycles. The molecule has 0 radical (unpaired) electrons. The Kier molecular flexibility index (Phi) is 4.44. The van der Waals surface area contributed by atoms with Gasteiger partial charge in [0, 0.05) is 30.9 Å². The van der Waals surface area contributed by atoms with Crippen LogP contribution in [0.4, 0.5) is 10.2 Å². The van der Waals surface area contributed by atoms with E-state index in [1.807, 2.05) is 10.6 Å². The first kappa shape index (κ1) is 17.7. The molecule has 29 heavy (non-hydrogen) atoms. The van der Waals surface area contributed by atoms with E-state index < -0.39 is 6.04 Å². The van der Waals surface area contributed by atoms with Crippen LogP contribution in [0, 0.1) is 5.82 Å². The number of H-pyrrole nitrogens is 1. The lowest BCUT2D eigenvalue weighted by atomic mass is 10.1. The molecule has 0 saturated carbocycles. The van der Waals surface area contributed by atoms with Gasteiger partial charge in [0.05, 0.1) is 19.0 Å². The molecule has 9 heteroatoms. The molecule has 5 rings (SSSR count). The van der Waals surface area contributed by atoms with Crippen molar-refractivity contribution >= 4 is 17.0 Å². The van der Waals surface area contributed by atoms with Crippen LogP contribution >= 0.6 is 0 Å². The van der Waals surface area contributed by atoms with Gasteiger partial charge in [-0.3, -0.25) is 5.10 Å². The molecule has 4 aromatic rings. The van der Waals surface area contributed by atoms with Crippen LogP contribution in [-0.4, -0.2) is 54.5 Å². The summed E-state index contributed by atoms with van der Waals surface area (Å²) in [5.41, 5.74) is 3.25. The van der Waals surface area contributed by atoms with Gasteiger partial charge in [-0.25, -0.2) is 19.3 Å². The number of benzene rings is 1. The predicted molar refractivity (Wildman–Crippen MR) is 105 cm³/mol. The zero-order chi connectivity index (χ0) is 19.8. The fourth-order valence-corrected chi connectivity index (χ4v) is 4.04. The van der Waals surface area contributed by atoms with Crippen LogP contribution in [0.1, 0.15) is 29.6 Å². The Labute approximate surface area is 166 Å². The van der Waals surface area contributed by atoms with Crippen molar-refractivity contribution in [3.63, 3.8) is 0 Å². The number of nitrogens with zero attached hydrogens (tertiary/aromatic N) is 6. The molecule has 148 valence electrons. The van der Waals surface area contributed by atoms with Crippen molar-refractivity contribution in [2.24, 2.45) is 0 Å². The van der Waals surface area contributed by atoms with Crippen molar-refractivity contribution in [1.29, 1.82) is 0 Å². The third-order valence-corrected chi connectivity index (χ3v) is 5.55. The lowest BCUT2D eigenvalue weighted by Gasteiger charge is -2.19. The molecule has 3 aromatic heterocycles. The van der Waals surface area contributed by atoms with Crippen LogP contribution in [0.25, 0.3) is 11.2 Å². The number of hydrogen-bond acceptors (Lipinski definition) is 6. The third-order valence-electron chi connectivity index (χ3n) is 5.55. The zero-order valence-corrected chi connectivity index (χ0v) is 15.6. The maximum Gasteiger partial charge on any atom is 0.166 e. The first-order valence-corrected chi connectivity index (χ1v) is 9.52. The minimum absolute atomic E-state index is 0.151. The molecular formula is C20H20FN7O. The molecule has 2 atom stereocenters. The van der Waals surface area contributed by atoms with E-state index in [0.717, 1.165) is 36.6 Å². The average Bonchev–Trinajstić information content (AvgIpc) is 3.50. The van der Waals surface area contributed by atoms with E-state index in [1.165, 1.54) is 18.5 Å². The van der Waals surface area contributed by atoms with E-state index in [1.54, 1.807) is 24.7 Å².